The highest BCUT2D eigenvalue weighted by Gasteiger charge is 2.13. The zero-order chi connectivity index (χ0) is 15.2. The molecule has 1 unspecified atom stereocenters. The SMILES string of the molecule is Cc1cc(NC(CO)Cc2ccccc2)c(CN)c(C)n1. The Hall–Kier alpha value is -1.91. The number of aromatic nitrogens is 1. The van der Waals surface area contributed by atoms with Gasteiger partial charge in [0, 0.05) is 29.2 Å². The van der Waals surface area contributed by atoms with Gasteiger partial charge in [-0.2, -0.15) is 0 Å². The molecule has 4 nitrogen and oxygen atoms in total. The van der Waals surface area contributed by atoms with Gasteiger partial charge in [-0.25, -0.2) is 0 Å². The first-order valence-electron chi connectivity index (χ1n) is 7.22. The van der Waals surface area contributed by atoms with E-state index in [2.05, 4.69) is 22.4 Å². The van der Waals surface area contributed by atoms with E-state index in [1.54, 1.807) is 0 Å². The third-order valence-electron chi connectivity index (χ3n) is 3.57. The summed E-state index contributed by atoms with van der Waals surface area (Å²) in [6, 6.07) is 12.1. The first kappa shape index (κ1) is 15.5. The number of pyridine rings is 1. The van der Waals surface area contributed by atoms with Gasteiger partial charge in [0.15, 0.2) is 0 Å². The number of nitrogens with two attached hydrogens (primary N) is 1. The Balaban J connectivity index is 2.18. The second-order valence-corrected chi connectivity index (χ2v) is 5.29. The van der Waals surface area contributed by atoms with Crippen LogP contribution >= 0.6 is 0 Å². The number of hydrogen-bond donors (Lipinski definition) is 3. The minimum Gasteiger partial charge on any atom is -0.394 e. The minimum atomic E-state index is -0.0427. The van der Waals surface area contributed by atoms with Gasteiger partial charge in [0.25, 0.3) is 0 Å². The van der Waals surface area contributed by atoms with E-state index in [1.807, 2.05) is 38.1 Å². The molecule has 21 heavy (non-hydrogen) atoms. The van der Waals surface area contributed by atoms with Gasteiger partial charge >= 0.3 is 0 Å². The highest BCUT2D eigenvalue weighted by Crippen LogP contribution is 2.21. The number of benzene rings is 1. The Bertz CT molecular complexity index is 584. The van der Waals surface area contributed by atoms with Gasteiger partial charge in [0.1, 0.15) is 0 Å². The first-order valence-corrected chi connectivity index (χ1v) is 7.22. The topological polar surface area (TPSA) is 71.2 Å². The number of aliphatic hydroxyl groups is 1. The van der Waals surface area contributed by atoms with Gasteiger partial charge < -0.3 is 16.2 Å². The fourth-order valence-electron chi connectivity index (χ4n) is 2.52. The lowest BCUT2D eigenvalue weighted by molar-refractivity contribution is 0.273. The molecule has 0 aliphatic carbocycles. The van der Waals surface area contributed by atoms with E-state index in [4.69, 9.17) is 5.73 Å². The van der Waals surface area contributed by atoms with E-state index in [0.29, 0.717) is 6.54 Å². The van der Waals surface area contributed by atoms with Crippen LogP contribution < -0.4 is 11.1 Å². The van der Waals surface area contributed by atoms with Crippen LogP contribution in [-0.4, -0.2) is 22.7 Å². The third kappa shape index (κ3) is 4.03. The van der Waals surface area contributed by atoms with Crippen molar-refractivity contribution >= 4 is 5.69 Å². The summed E-state index contributed by atoms with van der Waals surface area (Å²) in [6.45, 7) is 4.43. The summed E-state index contributed by atoms with van der Waals surface area (Å²) in [5.74, 6) is 0. The Morgan fingerprint density at radius 2 is 1.95 bits per heavy atom. The van der Waals surface area contributed by atoms with E-state index in [1.165, 1.54) is 5.56 Å². The lowest BCUT2D eigenvalue weighted by atomic mass is 10.0. The van der Waals surface area contributed by atoms with Crippen molar-refractivity contribution in [2.45, 2.75) is 32.9 Å². The van der Waals surface area contributed by atoms with Gasteiger partial charge in [-0.3, -0.25) is 4.98 Å². The molecule has 0 radical (unpaired) electrons. The third-order valence-corrected chi connectivity index (χ3v) is 3.57. The quantitative estimate of drug-likeness (QED) is 0.760. The van der Waals surface area contributed by atoms with Crippen molar-refractivity contribution < 1.29 is 5.11 Å². The summed E-state index contributed by atoms with van der Waals surface area (Å²) in [5.41, 5.74) is 10.9. The van der Waals surface area contributed by atoms with Crippen LogP contribution in [0.1, 0.15) is 22.5 Å². The highest BCUT2D eigenvalue weighted by molar-refractivity contribution is 5.54. The van der Waals surface area contributed by atoms with E-state index in [0.717, 1.165) is 29.1 Å². The van der Waals surface area contributed by atoms with E-state index in [9.17, 15) is 5.11 Å². The van der Waals surface area contributed by atoms with Crippen LogP contribution in [0.25, 0.3) is 0 Å². The molecule has 1 atom stereocenters. The fraction of sp³-hybridized carbons (Fsp3) is 0.353. The lowest BCUT2D eigenvalue weighted by Gasteiger charge is -2.21. The number of anilines is 1. The maximum Gasteiger partial charge on any atom is 0.0636 e. The predicted molar refractivity (Wildman–Crippen MR) is 86.2 cm³/mol. The zero-order valence-electron chi connectivity index (χ0n) is 12.6. The van der Waals surface area contributed by atoms with E-state index >= 15 is 0 Å². The lowest BCUT2D eigenvalue weighted by Crippen LogP contribution is -2.27. The average molecular weight is 285 g/mol. The van der Waals surface area contributed by atoms with Crippen molar-refractivity contribution in [2.24, 2.45) is 5.73 Å². The molecule has 0 bridgehead atoms. The van der Waals surface area contributed by atoms with Gasteiger partial charge in [-0.05, 0) is 31.9 Å². The Kier molecular flexibility index (Phi) is 5.31. The van der Waals surface area contributed by atoms with Crippen LogP contribution in [0.2, 0.25) is 0 Å². The van der Waals surface area contributed by atoms with Crippen molar-refractivity contribution in [3.63, 3.8) is 0 Å². The molecule has 4 heteroatoms. The van der Waals surface area contributed by atoms with Crippen LogP contribution in [0.3, 0.4) is 0 Å². The largest absolute Gasteiger partial charge is 0.394 e. The second kappa shape index (κ2) is 7.20. The van der Waals surface area contributed by atoms with Crippen LogP contribution in [-0.2, 0) is 13.0 Å². The molecule has 2 aromatic rings. The summed E-state index contributed by atoms with van der Waals surface area (Å²) in [6.07, 6.45) is 0.766. The average Bonchev–Trinajstić information content (AvgIpc) is 2.47. The molecule has 1 aromatic heterocycles. The molecule has 0 saturated carbocycles. The second-order valence-electron chi connectivity index (χ2n) is 5.29. The molecule has 0 aliphatic rings. The summed E-state index contributed by atoms with van der Waals surface area (Å²) >= 11 is 0. The van der Waals surface area contributed by atoms with Crippen LogP contribution in [0.5, 0.6) is 0 Å². The van der Waals surface area contributed by atoms with Gasteiger partial charge in [0.05, 0.1) is 12.6 Å². The monoisotopic (exact) mass is 285 g/mol. The van der Waals surface area contributed by atoms with Gasteiger partial charge in [-0.15, -0.1) is 0 Å². The van der Waals surface area contributed by atoms with Gasteiger partial charge in [0.2, 0.25) is 0 Å². The summed E-state index contributed by atoms with van der Waals surface area (Å²) in [4.78, 5) is 4.44. The van der Waals surface area contributed by atoms with E-state index in [-0.39, 0.29) is 12.6 Å². The molecule has 1 aromatic carbocycles. The number of nitrogens with zero attached hydrogens (tertiary/aromatic N) is 1. The maximum atomic E-state index is 9.64. The number of hydrogen-bond acceptors (Lipinski definition) is 4. The maximum absolute atomic E-state index is 9.64. The first-order chi connectivity index (χ1) is 10.1. The fourth-order valence-corrected chi connectivity index (χ4v) is 2.52. The minimum absolute atomic E-state index is 0.0427. The van der Waals surface area contributed by atoms with Crippen molar-refractivity contribution in [1.82, 2.24) is 4.98 Å². The molecule has 0 spiro atoms. The molecule has 0 saturated heterocycles. The smallest absolute Gasteiger partial charge is 0.0636 e. The van der Waals surface area contributed by atoms with E-state index < -0.39 is 0 Å². The van der Waals surface area contributed by atoms with Crippen molar-refractivity contribution in [2.75, 3.05) is 11.9 Å². The summed E-state index contributed by atoms with van der Waals surface area (Å²) in [7, 11) is 0. The number of rotatable bonds is 6. The van der Waals surface area contributed by atoms with Crippen molar-refractivity contribution in [1.29, 1.82) is 0 Å². The highest BCUT2D eigenvalue weighted by atomic mass is 16.3. The molecular formula is C17H23N3O. The molecule has 1 heterocycles. The number of aliphatic hydroxyl groups excluding tert-OH is 1. The molecule has 4 N–H and O–H groups in total. The number of nitrogens with one attached hydrogen (secondary N) is 1. The Morgan fingerprint density at radius 1 is 1.24 bits per heavy atom. The summed E-state index contributed by atoms with van der Waals surface area (Å²) < 4.78 is 0. The molecular weight excluding hydrogens is 262 g/mol. The predicted octanol–water partition coefficient (Wildman–Crippen LogP) is 2.17. The standard InChI is InChI=1S/C17H23N3O/c1-12-8-17(16(10-18)13(2)19-12)20-15(11-21)9-14-6-4-3-5-7-14/h3-8,15,21H,9-11,18H2,1-2H3,(H,19,20). The van der Waals surface area contributed by atoms with Gasteiger partial charge in [-0.1, -0.05) is 30.3 Å². The number of aryl methyl sites for hydroxylation is 2. The molecule has 2 rings (SSSR count). The Morgan fingerprint density at radius 3 is 2.57 bits per heavy atom. The molecule has 0 amide bonds. The zero-order valence-corrected chi connectivity index (χ0v) is 12.6. The van der Waals surface area contributed by atoms with Crippen LogP contribution in [0.4, 0.5) is 5.69 Å². The normalized spacial score (nSPS) is 12.2. The Labute approximate surface area is 126 Å². The molecule has 0 aliphatic heterocycles. The summed E-state index contributed by atoms with van der Waals surface area (Å²) in [5, 5.41) is 13.0. The molecule has 0 fully saturated rings. The van der Waals surface area contributed by atoms with Crippen LogP contribution in [0, 0.1) is 13.8 Å². The molecule has 112 valence electrons. The van der Waals surface area contributed by atoms with Crippen molar-refractivity contribution in [3.8, 4) is 0 Å². The van der Waals surface area contributed by atoms with Crippen molar-refractivity contribution in [3.05, 3.63) is 58.9 Å². The van der Waals surface area contributed by atoms with Crippen LogP contribution in [0.15, 0.2) is 36.4 Å².